The lowest BCUT2D eigenvalue weighted by Crippen LogP contribution is -1.94. The van der Waals surface area contributed by atoms with Gasteiger partial charge in [-0.2, -0.15) is 0 Å². The molecule has 0 fully saturated rings. The van der Waals surface area contributed by atoms with E-state index in [0.29, 0.717) is 5.02 Å². The van der Waals surface area contributed by atoms with Crippen molar-refractivity contribution in [2.75, 3.05) is 0 Å². The van der Waals surface area contributed by atoms with Crippen LogP contribution in [0.25, 0.3) is 28.0 Å². The third-order valence-corrected chi connectivity index (χ3v) is 4.46. The predicted octanol–water partition coefficient (Wildman–Crippen LogP) is 8.46. The van der Waals surface area contributed by atoms with Gasteiger partial charge in [-0.3, -0.25) is 0 Å². The van der Waals surface area contributed by atoms with Gasteiger partial charge in [-0.05, 0) is 55.7 Å². The second-order valence-electron chi connectivity index (χ2n) is 6.44. The van der Waals surface area contributed by atoms with Gasteiger partial charge in [0.05, 0.1) is 11.4 Å². The highest BCUT2D eigenvalue weighted by Gasteiger charge is 2.11. The monoisotopic (exact) mass is 389 g/mol. The minimum Gasteiger partial charge on any atom is -0.248 e. The van der Waals surface area contributed by atoms with Gasteiger partial charge in [0.15, 0.2) is 0 Å². The van der Waals surface area contributed by atoms with Crippen LogP contribution >= 0.6 is 11.6 Å². The highest BCUT2D eigenvalue weighted by molar-refractivity contribution is 6.33. The summed E-state index contributed by atoms with van der Waals surface area (Å²) in [5, 5.41) is 0.709. The lowest BCUT2D eigenvalue weighted by atomic mass is 9.99. The summed E-state index contributed by atoms with van der Waals surface area (Å²) in [5.74, 6) is 0. The standard InChI is InChI=1S/C24H22ClN.C2H6/c1-4-18(14-17(2)3)23-15-20(19-10-6-5-7-11-19)16-24(26-23)21-12-8-9-13-22(21)25;1-2/h4-16H,1-3H3;1-2H3/b18-4+;. The lowest BCUT2D eigenvalue weighted by Gasteiger charge is -2.12. The van der Waals surface area contributed by atoms with Crippen LogP contribution in [0.1, 0.15) is 40.3 Å². The van der Waals surface area contributed by atoms with Gasteiger partial charge in [-0.15, -0.1) is 0 Å². The molecule has 0 amide bonds. The summed E-state index contributed by atoms with van der Waals surface area (Å²) in [6.45, 7) is 10.2. The van der Waals surface area contributed by atoms with Crippen LogP contribution in [0.4, 0.5) is 0 Å². The third-order valence-electron chi connectivity index (χ3n) is 4.13. The average molecular weight is 390 g/mol. The average Bonchev–Trinajstić information content (AvgIpc) is 2.74. The topological polar surface area (TPSA) is 12.9 Å². The molecule has 1 aromatic heterocycles. The molecule has 0 bridgehead atoms. The number of allylic oxidation sites excluding steroid dienone is 4. The number of pyridine rings is 1. The van der Waals surface area contributed by atoms with Crippen molar-refractivity contribution in [2.24, 2.45) is 0 Å². The van der Waals surface area contributed by atoms with Gasteiger partial charge < -0.3 is 0 Å². The van der Waals surface area contributed by atoms with Crippen molar-refractivity contribution in [2.45, 2.75) is 34.6 Å². The molecule has 0 radical (unpaired) electrons. The van der Waals surface area contributed by atoms with E-state index in [0.717, 1.165) is 33.7 Å². The molecule has 0 N–H and O–H groups in total. The van der Waals surface area contributed by atoms with Crippen molar-refractivity contribution in [1.82, 2.24) is 4.98 Å². The molecule has 0 aliphatic rings. The van der Waals surface area contributed by atoms with E-state index in [9.17, 15) is 0 Å². The highest BCUT2D eigenvalue weighted by Crippen LogP contribution is 2.32. The van der Waals surface area contributed by atoms with Gasteiger partial charge >= 0.3 is 0 Å². The minimum atomic E-state index is 0.709. The van der Waals surface area contributed by atoms with Crippen LogP contribution < -0.4 is 0 Å². The van der Waals surface area contributed by atoms with Crippen molar-refractivity contribution in [3.63, 3.8) is 0 Å². The van der Waals surface area contributed by atoms with E-state index >= 15 is 0 Å². The van der Waals surface area contributed by atoms with Gasteiger partial charge in [0, 0.05) is 10.6 Å². The second kappa shape index (κ2) is 10.6. The van der Waals surface area contributed by atoms with Crippen LogP contribution in [-0.2, 0) is 0 Å². The lowest BCUT2D eigenvalue weighted by molar-refractivity contribution is 1.27. The van der Waals surface area contributed by atoms with Crippen molar-refractivity contribution in [3.05, 3.63) is 95.2 Å². The van der Waals surface area contributed by atoms with E-state index in [1.165, 1.54) is 5.57 Å². The van der Waals surface area contributed by atoms with E-state index in [4.69, 9.17) is 16.6 Å². The fraction of sp³-hybridized carbons (Fsp3) is 0.192. The van der Waals surface area contributed by atoms with Crippen LogP contribution in [0.15, 0.2) is 84.5 Å². The van der Waals surface area contributed by atoms with Gasteiger partial charge in [0.25, 0.3) is 0 Å². The molecule has 0 aliphatic carbocycles. The molecule has 0 atom stereocenters. The smallest absolute Gasteiger partial charge is 0.0730 e. The number of benzene rings is 2. The van der Waals surface area contributed by atoms with E-state index in [1.54, 1.807) is 0 Å². The summed E-state index contributed by atoms with van der Waals surface area (Å²) in [7, 11) is 0. The SMILES string of the molecule is C/C=C(\C=C(C)C)c1cc(-c2ccccc2)cc(-c2ccccc2Cl)n1.CC. The molecule has 0 aliphatic heterocycles. The molecule has 0 saturated carbocycles. The van der Waals surface area contributed by atoms with Crippen molar-refractivity contribution in [3.8, 4) is 22.4 Å². The van der Waals surface area contributed by atoms with Crippen molar-refractivity contribution < 1.29 is 0 Å². The normalized spacial score (nSPS) is 10.7. The van der Waals surface area contributed by atoms with Gasteiger partial charge in [-0.1, -0.05) is 91.7 Å². The molecule has 0 unspecified atom stereocenters. The molecule has 28 heavy (non-hydrogen) atoms. The highest BCUT2D eigenvalue weighted by atomic mass is 35.5. The number of hydrogen-bond acceptors (Lipinski definition) is 1. The molecule has 144 valence electrons. The zero-order valence-electron chi connectivity index (χ0n) is 17.3. The van der Waals surface area contributed by atoms with Gasteiger partial charge in [0.1, 0.15) is 0 Å². The summed E-state index contributed by atoms with van der Waals surface area (Å²) in [6.07, 6.45) is 4.26. The Kier molecular flexibility index (Phi) is 8.22. The van der Waals surface area contributed by atoms with Crippen LogP contribution in [0.3, 0.4) is 0 Å². The maximum absolute atomic E-state index is 6.44. The van der Waals surface area contributed by atoms with Crippen LogP contribution in [0.2, 0.25) is 5.02 Å². The largest absolute Gasteiger partial charge is 0.248 e. The maximum atomic E-state index is 6.44. The zero-order chi connectivity index (χ0) is 20.5. The van der Waals surface area contributed by atoms with E-state index in [2.05, 4.69) is 62.4 Å². The first-order chi connectivity index (χ1) is 13.6. The first-order valence-corrected chi connectivity index (χ1v) is 10.1. The fourth-order valence-corrected chi connectivity index (χ4v) is 3.13. The fourth-order valence-electron chi connectivity index (χ4n) is 2.90. The van der Waals surface area contributed by atoms with Crippen molar-refractivity contribution in [1.29, 1.82) is 0 Å². The molecule has 0 spiro atoms. The van der Waals surface area contributed by atoms with E-state index < -0.39 is 0 Å². The summed E-state index contributed by atoms with van der Waals surface area (Å²) in [5.41, 5.74) is 7.42. The van der Waals surface area contributed by atoms with Crippen molar-refractivity contribution >= 4 is 17.2 Å². The Bertz CT molecular complexity index is 965. The molecule has 3 aromatic rings. The Morgan fingerprint density at radius 3 is 2.11 bits per heavy atom. The van der Waals surface area contributed by atoms with Crippen LogP contribution in [0.5, 0.6) is 0 Å². The van der Waals surface area contributed by atoms with Gasteiger partial charge in [-0.25, -0.2) is 4.98 Å². The second-order valence-corrected chi connectivity index (χ2v) is 6.85. The molecular weight excluding hydrogens is 362 g/mol. The quantitative estimate of drug-likeness (QED) is 0.407. The summed E-state index contributed by atoms with van der Waals surface area (Å²) in [4.78, 5) is 4.92. The van der Waals surface area contributed by atoms with E-state index in [1.807, 2.05) is 51.1 Å². The Labute approximate surface area is 174 Å². The number of aromatic nitrogens is 1. The molecular formula is C26H28ClN. The van der Waals surface area contributed by atoms with E-state index in [-0.39, 0.29) is 0 Å². The Morgan fingerprint density at radius 1 is 0.857 bits per heavy atom. The number of rotatable bonds is 4. The maximum Gasteiger partial charge on any atom is 0.0730 e. The molecule has 3 rings (SSSR count). The Hall–Kier alpha value is -2.64. The third kappa shape index (κ3) is 5.43. The number of halogens is 1. The summed E-state index contributed by atoms with van der Waals surface area (Å²) >= 11 is 6.44. The first kappa shape index (κ1) is 21.7. The molecule has 0 saturated heterocycles. The molecule has 1 nitrogen and oxygen atoms in total. The predicted molar refractivity (Wildman–Crippen MR) is 125 cm³/mol. The zero-order valence-corrected chi connectivity index (χ0v) is 18.1. The Morgan fingerprint density at radius 2 is 1.50 bits per heavy atom. The van der Waals surface area contributed by atoms with Crippen LogP contribution in [0, 0.1) is 0 Å². The molecule has 2 aromatic carbocycles. The first-order valence-electron chi connectivity index (χ1n) is 9.72. The number of hydrogen-bond donors (Lipinski definition) is 0. The number of nitrogens with zero attached hydrogens (tertiary/aromatic N) is 1. The van der Waals surface area contributed by atoms with Crippen LogP contribution in [-0.4, -0.2) is 4.98 Å². The Balaban J connectivity index is 0.00000136. The molecule has 1 heterocycles. The minimum absolute atomic E-state index is 0.709. The summed E-state index contributed by atoms with van der Waals surface area (Å²) in [6, 6.07) is 22.5. The van der Waals surface area contributed by atoms with Gasteiger partial charge in [0.2, 0.25) is 0 Å². The summed E-state index contributed by atoms with van der Waals surface area (Å²) < 4.78 is 0. The molecule has 2 heteroatoms.